The Hall–Kier alpha value is -1.81. The first-order valence-electron chi connectivity index (χ1n) is 6.61. The van der Waals surface area contributed by atoms with Gasteiger partial charge < -0.3 is 10.6 Å². The molecule has 3 rings (SSSR count). The standard InChI is InChI=1S/C16H15BrN2O/c17-14-7-3-4-8-15(14)19-16(20)18-13-9-11-5-1-2-6-12(11)10-13/h1-8,13H,9-10H2,(H2,18,19,20). The first-order chi connectivity index (χ1) is 9.72. The van der Waals surface area contributed by atoms with Crippen LogP contribution in [0.2, 0.25) is 0 Å². The monoisotopic (exact) mass is 330 g/mol. The summed E-state index contributed by atoms with van der Waals surface area (Å²) in [5.41, 5.74) is 3.44. The Morgan fingerprint density at radius 3 is 2.25 bits per heavy atom. The molecule has 0 spiro atoms. The number of carbonyl (C=O) groups is 1. The summed E-state index contributed by atoms with van der Waals surface area (Å²) < 4.78 is 0.879. The molecule has 2 N–H and O–H groups in total. The molecule has 0 aromatic heterocycles. The summed E-state index contributed by atoms with van der Waals surface area (Å²) in [6.45, 7) is 0. The van der Waals surface area contributed by atoms with Crippen LogP contribution in [0.3, 0.4) is 0 Å². The van der Waals surface area contributed by atoms with Gasteiger partial charge in [0.05, 0.1) is 5.69 Å². The van der Waals surface area contributed by atoms with Crippen molar-refractivity contribution in [3.63, 3.8) is 0 Å². The Labute approximate surface area is 126 Å². The van der Waals surface area contributed by atoms with Crippen LogP contribution in [0.25, 0.3) is 0 Å². The highest BCUT2D eigenvalue weighted by molar-refractivity contribution is 9.10. The largest absolute Gasteiger partial charge is 0.334 e. The second-order valence-electron chi connectivity index (χ2n) is 4.95. The van der Waals surface area contributed by atoms with Crippen molar-refractivity contribution in [3.8, 4) is 0 Å². The van der Waals surface area contributed by atoms with E-state index in [-0.39, 0.29) is 12.1 Å². The van der Waals surface area contributed by atoms with E-state index in [0.717, 1.165) is 23.0 Å². The molecule has 0 heterocycles. The number of rotatable bonds is 2. The number of fused-ring (bicyclic) bond motifs is 1. The number of para-hydroxylation sites is 1. The Morgan fingerprint density at radius 2 is 1.60 bits per heavy atom. The minimum Gasteiger partial charge on any atom is -0.334 e. The van der Waals surface area contributed by atoms with Crippen LogP contribution in [-0.4, -0.2) is 12.1 Å². The lowest BCUT2D eigenvalue weighted by molar-refractivity contribution is 0.249. The van der Waals surface area contributed by atoms with Crippen molar-refractivity contribution < 1.29 is 4.79 Å². The van der Waals surface area contributed by atoms with E-state index >= 15 is 0 Å². The SMILES string of the molecule is O=C(Nc1ccccc1Br)NC1Cc2ccccc2C1. The van der Waals surface area contributed by atoms with E-state index in [1.54, 1.807) is 0 Å². The molecule has 0 fully saturated rings. The van der Waals surface area contributed by atoms with Gasteiger partial charge >= 0.3 is 6.03 Å². The number of carbonyl (C=O) groups excluding carboxylic acids is 1. The van der Waals surface area contributed by atoms with E-state index in [2.05, 4.69) is 38.7 Å². The van der Waals surface area contributed by atoms with Gasteiger partial charge in [-0.05, 0) is 52.0 Å². The fourth-order valence-electron chi connectivity index (χ4n) is 2.57. The van der Waals surface area contributed by atoms with Gasteiger partial charge in [0.1, 0.15) is 0 Å². The van der Waals surface area contributed by atoms with E-state index in [1.165, 1.54) is 11.1 Å². The highest BCUT2D eigenvalue weighted by atomic mass is 79.9. The van der Waals surface area contributed by atoms with E-state index in [9.17, 15) is 4.79 Å². The molecule has 20 heavy (non-hydrogen) atoms. The summed E-state index contributed by atoms with van der Waals surface area (Å²) in [5.74, 6) is 0. The molecule has 0 aliphatic heterocycles. The zero-order valence-corrected chi connectivity index (χ0v) is 12.5. The number of urea groups is 1. The van der Waals surface area contributed by atoms with Crippen molar-refractivity contribution >= 4 is 27.6 Å². The zero-order valence-electron chi connectivity index (χ0n) is 10.9. The first-order valence-corrected chi connectivity index (χ1v) is 7.40. The second-order valence-corrected chi connectivity index (χ2v) is 5.81. The third-order valence-electron chi connectivity index (χ3n) is 3.51. The molecule has 2 amide bonds. The van der Waals surface area contributed by atoms with Crippen molar-refractivity contribution in [2.24, 2.45) is 0 Å². The van der Waals surface area contributed by atoms with Crippen LogP contribution in [0.4, 0.5) is 10.5 Å². The van der Waals surface area contributed by atoms with Crippen LogP contribution in [0.15, 0.2) is 53.0 Å². The topological polar surface area (TPSA) is 41.1 Å². The van der Waals surface area contributed by atoms with Crippen molar-refractivity contribution in [2.45, 2.75) is 18.9 Å². The normalized spacial score (nSPS) is 13.8. The van der Waals surface area contributed by atoms with Crippen LogP contribution in [0.1, 0.15) is 11.1 Å². The lowest BCUT2D eigenvalue weighted by atomic mass is 10.1. The van der Waals surface area contributed by atoms with Crippen LogP contribution >= 0.6 is 15.9 Å². The molecule has 0 bridgehead atoms. The summed E-state index contributed by atoms with van der Waals surface area (Å²) in [6.07, 6.45) is 1.80. The molecule has 0 radical (unpaired) electrons. The maximum atomic E-state index is 12.0. The minimum absolute atomic E-state index is 0.158. The van der Waals surface area contributed by atoms with E-state index in [1.807, 2.05) is 36.4 Å². The Bertz CT molecular complexity index is 617. The lowest BCUT2D eigenvalue weighted by Gasteiger charge is -2.13. The first kappa shape index (κ1) is 13.2. The summed E-state index contributed by atoms with van der Waals surface area (Å²) in [7, 11) is 0. The molecule has 2 aromatic rings. The molecule has 1 aliphatic carbocycles. The van der Waals surface area contributed by atoms with Crippen molar-refractivity contribution in [3.05, 3.63) is 64.1 Å². The molecule has 0 atom stereocenters. The quantitative estimate of drug-likeness (QED) is 0.865. The minimum atomic E-state index is -0.158. The van der Waals surface area contributed by atoms with Gasteiger partial charge in [-0.2, -0.15) is 0 Å². The average molecular weight is 331 g/mol. The molecule has 1 aliphatic rings. The molecule has 3 nitrogen and oxygen atoms in total. The molecule has 0 unspecified atom stereocenters. The highest BCUT2D eigenvalue weighted by Crippen LogP contribution is 2.23. The highest BCUT2D eigenvalue weighted by Gasteiger charge is 2.22. The maximum Gasteiger partial charge on any atom is 0.319 e. The fraction of sp³-hybridized carbons (Fsp3) is 0.188. The average Bonchev–Trinajstić information content (AvgIpc) is 2.83. The predicted molar refractivity (Wildman–Crippen MR) is 83.9 cm³/mol. The molecule has 0 saturated carbocycles. The number of amides is 2. The fourth-order valence-corrected chi connectivity index (χ4v) is 2.95. The van der Waals surface area contributed by atoms with E-state index in [0.29, 0.717) is 0 Å². The number of halogens is 1. The number of benzene rings is 2. The van der Waals surface area contributed by atoms with Crippen molar-refractivity contribution in [1.29, 1.82) is 0 Å². The van der Waals surface area contributed by atoms with Gasteiger partial charge in [-0.1, -0.05) is 36.4 Å². The number of hydrogen-bond acceptors (Lipinski definition) is 1. The van der Waals surface area contributed by atoms with Crippen LogP contribution in [0.5, 0.6) is 0 Å². The zero-order chi connectivity index (χ0) is 13.9. The smallest absolute Gasteiger partial charge is 0.319 e. The van der Waals surface area contributed by atoms with E-state index < -0.39 is 0 Å². The van der Waals surface area contributed by atoms with Gasteiger partial charge in [-0.25, -0.2) is 4.79 Å². The second kappa shape index (κ2) is 5.67. The Morgan fingerprint density at radius 1 is 1.00 bits per heavy atom. The van der Waals surface area contributed by atoms with Gasteiger partial charge in [0, 0.05) is 10.5 Å². The van der Waals surface area contributed by atoms with Crippen molar-refractivity contribution in [2.75, 3.05) is 5.32 Å². The Balaban J connectivity index is 1.60. The van der Waals surface area contributed by atoms with Gasteiger partial charge in [-0.3, -0.25) is 0 Å². The Kier molecular flexibility index (Phi) is 3.74. The third-order valence-corrected chi connectivity index (χ3v) is 4.20. The molecule has 2 aromatic carbocycles. The molecular formula is C16H15BrN2O. The summed E-state index contributed by atoms with van der Waals surface area (Å²) in [5, 5.41) is 5.90. The molecular weight excluding hydrogens is 316 g/mol. The molecule has 102 valence electrons. The van der Waals surface area contributed by atoms with Gasteiger partial charge in [-0.15, -0.1) is 0 Å². The number of hydrogen-bond donors (Lipinski definition) is 2. The third kappa shape index (κ3) is 2.85. The van der Waals surface area contributed by atoms with Crippen LogP contribution in [0, 0.1) is 0 Å². The summed E-state index contributed by atoms with van der Waals surface area (Å²) in [4.78, 5) is 12.0. The van der Waals surface area contributed by atoms with Crippen LogP contribution in [-0.2, 0) is 12.8 Å². The van der Waals surface area contributed by atoms with Gasteiger partial charge in [0.15, 0.2) is 0 Å². The predicted octanol–water partition coefficient (Wildman–Crippen LogP) is 3.74. The summed E-state index contributed by atoms with van der Waals surface area (Å²) in [6, 6.07) is 15.9. The van der Waals surface area contributed by atoms with E-state index in [4.69, 9.17) is 0 Å². The lowest BCUT2D eigenvalue weighted by Crippen LogP contribution is -2.38. The molecule has 4 heteroatoms. The summed E-state index contributed by atoms with van der Waals surface area (Å²) >= 11 is 3.42. The number of nitrogens with one attached hydrogen (secondary N) is 2. The molecule has 0 saturated heterocycles. The van der Waals surface area contributed by atoms with Gasteiger partial charge in [0.2, 0.25) is 0 Å². The maximum absolute atomic E-state index is 12.0. The van der Waals surface area contributed by atoms with Gasteiger partial charge in [0.25, 0.3) is 0 Å². The van der Waals surface area contributed by atoms with Crippen LogP contribution < -0.4 is 10.6 Å². The van der Waals surface area contributed by atoms with Crippen molar-refractivity contribution in [1.82, 2.24) is 5.32 Å². The number of anilines is 1.